The zero-order valence-electron chi connectivity index (χ0n) is 17.5. The van der Waals surface area contributed by atoms with Gasteiger partial charge in [0, 0.05) is 17.9 Å². The summed E-state index contributed by atoms with van der Waals surface area (Å²) in [6.45, 7) is 4.22. The Morgan fingerprint density at radius 2 is 1.73 bits per heavy atom. The van der Waals surface area contributed by atoms with E-state index in [9.17, 15) is 9.59 Å². The number of ether oxygens (including phenoxy) is 2. The molecule has 3 rings (SSSR count). The maximum Gasteiger partial charge on any atom is 0.407 e. The van der Waals surface area contributed by atoms with Crippen LogP contribution in [0.5, 0.6) is 0 Å². The van der Waals surface area contributed by atoms with Gasteiger partial charge in [-0.15, -0.1) is 0 Å². The number of carbonyl (C=O) groups is 2. The molecule has 5 nitrogen and oxygen atoms in total. The number of amides is 1. The van der Waals surface area contributed by atoms with E-state index in [0.717, 1.165) is 11.3 Å². The summed E-state index contributed by atoms with van der Waals surface area (Å²) in [6.07, 6.45) is -0.206. The van der Waals surface area contributed by atoms with Crippen molar-refractivity contribution in [2.24, 2.45) is 11.8 Å². The van der Waals surface area contributed by atoms with Crippen molar-refractivity contribution in [3.63, 3.8) is 0 Å². The van der Waals surface area contributed by atoms with Crippen LogP contribution >= 0.6 is 11.8 Å². The monoisotopic (exact) mass is 427 g/mol. The first-order chi connectivity index (χ1) is 14.5. The summed E-state index contributed by atoms with van der Waals surface area (Å²) < 4.78 is 11.0. The molecule has 0 saturated carbocycles. The molecule has 0 radical (unpaired) electrons. The van der Waals surface area contributed by atoms with Crippen molar-refractivity contribution in [2.75, 3.05) is 5.75 Å². The molecular formula is C24H29NO4S. The number of benzene rings is 2. The topological polar surface area (TPSA) is 64.6 Å². The number of thioether (sulfide) groups is 1. The summed E-state index contributed by atoms with van der Waals surface area (Å²) >= 11 is 1.74. The Kier molecular flexibility index (Phi) is 8.20. The van der Waals surface area contributed by atoms with Gasteiger partial charge in [0.1, 0.15) is 12.7 Å². The number of carbonyl (C=O) groups excluding carboxylic acids is 2. The van der Waals surface area contributed by atoms with Gasteiger partial charge in [-0.05, 0) is 17.0 Å². The molecule has 1 fully saturated rings. The zero-order chi connectivity index (χ0) is 21.3. The minimum Gasteiger partial charge on any atom is -0.460 e. The Morgan fingerprint density at radius 1 is 1.10 bits per heavy atom. The molecule has 1 N–H and O–H groups in total. The summed E-state index contributed by atoms with van der Waals surface area (Å²) in [5, 5.41) is 2.91. The second-order valence-electron chi connectivity index (χ2n) is 7.88. The van der Waals surface area contributed by atoms with Gasteiger partial charge in [-0.1, -0.05) is 74.5 Å². The normalized spacial score (nSPS) is 19.4. The van der Waals surface area contributed by atoms with E-state index in [1.54, 1.807) is 11.8 Å². The fraction of sp³-hybridized carbons (Fsp3) is 0.417. The van der Waals surface area contributed by atoms with E-state index < -0.39 is 6.09 Å². The van der Waals surface area contributed by atoms with Crippen LogP contribution in [0, 0.1) is 11.8 Å². The minimum atomic E-state index is -0.490. The zero-order valence-corrected chi connectivity index (χ0v) is 18.3. The SMILES string of the molecule is CC(C)[C@H](NC(=O)OCc1ccccc1)[C@@H]1C[C@H](CSCc2ccccc2)C(=O)O1. The number of nitrogens with one attached hydrogen (secondary N) is 1. The fourth-order valence-electron chi connectivity index (χ4n) is 3.51. The number of hydrogen-bond donors (Lipinski definition) is 1. The first kappa shape index (κ1) is 22.2. The molecule has 160 valence electrons. The van der Waals surface area contributed by atoms with E-state index in [1.807, 2.05) is 62.4 Å². The van der Waals surface area contributed by atoms with E-state index in [-0.39, 0.29) is 36.6 Å². The Morgan fingerprint density at radius 3 is 2.37 bits per heavy atom. The molecule has 6 heteroatoms. The lowest BCUT2D eigenvalue weighted by Crippen LogP contribution is -2.46. The number of rotatable bonds is 9. The summed E-state index contributed by atoms with van der Waals surface area (Å²) in [5.41, 5.74) is 2.17. The fourth-order valence-corrected chi connectivity index (χ4v) is 4.61. The third-order valence-corrected chi connectivity index (χ3v) is 6.34. The van der Waals surface area contributed by atoms with Gasteiger partial charge in [-0.2, -0.15) is 11.8 Å². The van der Waals surface area contributed by atoms with Crippen molar-refractivity contribution in [2.45, 2.75) is 44.8 Å². The molecule has 0 unspecified atom stereocenters. The van der Waals surface area contributed by atoms with Crippen LogP contribution in [0.3, 0.4) is 0 Å². The highest BCUT2D eigenvalue weighted by Gasteiger charge is 2.40. The van der Waals surface area contributed by atoms with Crippen LogP contribution in [-0.2, 0) is 26.6 Å². The molecule has 30 heavy (non-hydrogen) atoms. The lowest BCUT2D eigenvalue weighted by atomic mass is 9.94. The number of esters is 1. The van der Waals surface area contributed by atoms with Crippen LogP contribution in [0.15, 0.2) is 60.7 Å². The van der Waals surface area contributed by atoms with Gasteiger partial charge < -0.3 is 14.8 Å². The highest BCUT2D eigenvalue weighted by Crippen LogP contribution is 2.30. The first-order valence-corrected chi connectivity index (χ1v) is 11.5. The lowest BCUT2D eigenvalue weighted by Gasteiger charge is -2.26. The van der Waals surface area contributed by atoms with Crippen molar-refractivity contribution in [1.29, 1.82) is 0 Å². The third-order valence-electron chi connectivity index (χ3n) is 5.16. The Labute approximate surface area is 182 Å². The van der Waals surface area contributed by atoms with Gasteiger partial charge in [-0.3, -0.25) is 4.79 Å². The quantitative estimate of drug-likeness (QED) is 0.582. The second-order valence-corrected chi connectivity index (χ2v) is 8.91. The van der Waals surface area contributed by atoms with Crippen LogP contribution in [0.2, 0.25) is 0 Å². The summed E-state index contributed by atoms with van der Waals surface area (Å²) in [5.74, 6) is 1.38. The van der Waals surface area contributed by atoms with Gasteiger partial charge >= 0.3 is 12.1 Å². The molecule has 3 atom stereocenters. The summed E-state index contributed by atoms with van der Waals surface area (Å²) in [7, 11) is 0. The molecule has 1 aliphatic heterocycles. The Balaban J connectivity index is 1.48. The average molecular weight is 428 g/mol. The third kappa shape index (κ3) is 6.52. The highest BCUT2D eigenvalue weighted by molar-refractivity contribution is 7.98. The van der Waals surface area contributed by atoms with E-state index in [0.29, 0.717) is 12.2 Å². The standard InChI is InChI=1S/C24H29NO4S/c1-17(2)22(25-24(27)28-14-18-9-5-3-6-10-18)21-13-20(23(26)29-21)16-30-15-19-11-7-4-8-12-19/h3-12,17,20-22H,13-16H2,1-2H3,(H,25,27)/t20-,21+,22+/m1/s1. The van der Waals surface area contributed by atoms with Crippen molar-refractivity contribution in [3.8, 4) is 0 Å². The molecule has 2 aromatic rings. The van der Waals surface area contributed by atoms with Gasteiger partial charge in [0.25, 0.3) is 0 Å². The summed E-state index contributed by atoms with van der Waals surface area (Å²) in [6, 6.07) is 19.5. The molecule has 1 amide bonds. The van der Waals surface area contributed by atoms with E-state index in [1.165, 1.54) is 5.56 Å². The highest BCUT2D eigenvalue weighted by atomic mass is 32.2. The molecule has 1 aliphatic rings. The molecule has 1 saturated heterocycles. The summed E-state index contributed by atoms with van der Waals surface area (Å²) in [4.78, 5) is 24.7. The maximum atomic E-state index is 12.4. The predicted molar refractivity (Wildman–Crippen MR) is 119 cm³/mol. The minimum absolute atomic E-state index is 0.114. The molecule has 2 aromatic carbocycles. The average Bonchev–Trinajstić information content (AvgIpc) is 3.12. The first-order valence-electron chi connectivity index (χ1n) is 10.3. The van der Waals surface area contributed by atoms with Crippen LogP contribution in [-0.4, -0.2) is 30.0 Å². The number of alkyl carbamates (subject to hydrolysis) is 1. The predicted octanol–water partition coefficient (Wildman–Crippen LogP) is 4.80. The van der Waals surface area contributed by atoms with Crippen molar-refractivity contribution >= 4 is 23.8 Å². The number of hydrogen-bond acceptors (Lipinski definition) is 5. The largest absolute Gasteiger partial charge is 0.460 e. The molecule has 0 aliphatic carbocycles. The van der Waals surface area contributed by atoms with Gasteiger partial charge in [-0.25, -0.2) is 4.79 Å². The maximum absolute atomic E-state index is 12.4. The van der Waals surface area contributed by atoms with E-state index in [2.05, 4.69) is 17.4 Å². The molecular weight excluding hydrogens is 398 g/mol. The van der Waals surface area contributed by atoms with Gasteiger partial charge in [0.2, 0.25) is 0 Å². The van der Waals surface area contributed by atoms with Crippen molar-refractivity contribution < 1.29 is 19.1 Å². The van der Waals surface area contributed by atoms with E-state index in [4.69, 9.17) is 9.47 Å². The smallest absolute Gasteiger partial charge is 0.407 e. The molecule has 1 heterocycles. The molecule has 0 spiro atoms. The van der Waals surface area contributed by atoms with Crippen LogP contribution < -0.4 is 5.32 Å². The van der Waals surface area contributed by atoms with E-state index >= 15 is 0 Å². The van der Waals surface area contributed by atoms with Gasteiger partial charge in [0.05, 0.1) is 12.0 Å². The van der Waals surface area contributed by atoms with Crippen LogP contribution in [0.1, 0.15) is 31.4 Å². The molecule has 0 aromatic heterocycles. The Hall–Kier alpha value is -2.47. The van der Waals surface area contributed by atoms with Crippen LogP contribution in [0.25, 0.3) is 0 Å². The molecule has 0 bridgehead atoms. The van der Waals surface area contributed by atoms with Crippen LogP contribution in [0.4, 0.5) is 4.79 Å². The second kappa shape index (κ2) is 11.1. The van der Waals surface area contributed by atoms with Crippen molar-refractivity contribution in [3.05, 3.63) is 71.8 Å². The number of cyclic esters (lactones) is 1. The lowest BCUT2D eigenvalue weighted by molar-refractivity contribution is -0.145. The van der Waals surface area contributed by atoms with Gasteiger partial charge in [0.15, 0.2) is 0 Å². The van der Waals surface area contributed by atoms with Crippen molar-refractivity contribution in [1.82, 2.24) is 5.32 Å². The Bertz CT molecular complexity index is 812.